The van der Waals surface area contributed by atoms with Crippen molar-refractivity contribution in [2.24, 2.45) is 0 Å². The molecule has 0 radical (unpaired) electrons. The molecule has 1 amide bonds. The third kappa shape index (κ3) is 3.23. The number of carbonyl (C=O) groups is 1. The van der Waals surface area contributed by atoms with E-state index >= 15 is 0 Å². The van der Waals surface area contributed by atoms with Gasteiger partial charge in [-0.05, 0) is 37.9 Å². The number of nitrogens with zero attached hydrogens (tertiary/aromatic N) is 2. The van der Waals surface area contributed by atoms with Crippen LogP contribution < -0.4 is 5.73 Å². The van der Waals surface area contributed by atoms with Crippen LogP contribution in [0.1, 0.15) is 73.5 Å². The van der Waals surface area contributed by atoms with Gasteiger partial charge in [-0.25, -0.2) is 0 Å². The van der Waals surface area contributed by atoms with Crippen molar-refractivity contribution in [3.8, 4) is 0 Å². The second-order valence-corrected chi connectivity index (χ2v) is 8.09. The molecule has 1 aromatic heterocycles. The molecule has 2 aliphatic rings. The van der Waals surface area contributed by atoms with E-state index in [1.165, 1.54) is 43.4 Å². The second-order valence-electron chi connectivity index (χ2n) is 6.45. The normalized spacial score (nSPS) is 20.8. The van der Waals surface area contributed by atoms with E-state index in [1.54, 1.807) is 0 Å². The highest BCUT2D eigenvalue weighted by molar-refractivity contribution is 7.73. The van der Waals surface area contributed by atoms with Gasteiger partial charge in [-0.15, -0.1) is 0 Å². The number of hydrogen-bond donors (Lipinski definition) is 1. The molecule has 2 N–H and O–H groups in total. The average molecular weight is 340 g/mol. The fourth-order valence-electron chi connectivity index (χ4n) is 3.65. The summed E-state index contributed by atoms with van der Waals surface area (Å²) in [6.07, 6.45) is 10.7. The Bertz CT molecular complexity index is 579. The molecule has 1 aliphatic heterocycles. The fourth-order valence-corrected chi connectivity index (χ4v) is 5.09. The SMILES string of the molecule is Nc1c(C(=O)N2CCCCCC2)sc(=S)n1C1CCCCC1. The summed E-state index contributed by atoms with van der Waals surface area (Å²) in [7, 11) is 0. The number of amides is 1. The van der Waals surface area contributed by atoms with Crippen LogP contribution in [0.15, 0.2) is 0 Å². The van der Waals surface area contributed by atoms with Crippen LogP contribution in [0.25, 0.3) is 0 Å². The molecule has 3 rings (SSSR count). The molecule has 0 unspecified atom stereocenters. The molecule has 22 heavy (non-hydrogen) atoms. The summed E-state index contributed by atoms with van der Waals surface area (Å²) < 4.78 is 2.83. The molecule has 1 aromatic rings. The van der Waals surface area contributed by atoms with Crippen LogP contribution in [0.5, 0.6) is 0 Å². The predicted molar refractivity (Wildman–Crippen MR) is 94.0 cm³/mol. The van der Waals surface area contributed by atoms with Gasteiger partial charge in [0.15, 0.2) is 3.95 Å². The molecule has 122 valence electrons. The van der Waals surface area contributed by atoms with Crippen molar-refractivity contribution in [3.63, 3.8) is 0 Å². The van der Waals surface area contributed by atoms with Crippen molar-refractivity contribution in [1.82, 2.24) is 9.47 Å². The van der Waals surface area contributed by atoms with Gasteiger partial charge in [-0.2, -0.15) is 0 Å². The first-order valence-electron chi connectivity index (χ1n) is 8.48. The van der Waals surface area contributed by atoms with E-state index in [-0.39, 0.29) is 5.91 Å². The zero-order valence-corrected chi connectivity index (χ0v) is 14.7. The van der Waals surface area contributed by atoms with Crippen LogP contribution in [-0.4, -0.2) is 28.5 Å². The zero-order valence-electron chi connectivity index (χ0n) is 13.1. The highest BCUT2D eigenvalue weighted by Crippen LogP contribution is 2.35. The van der Waals surface area contributed by atoms with Gasteiger partial charge in [0.05, 0.1) is 0 Å². The van der Waals surface area contributed by atoms with E-state index in [2.05, 4.69) is 4.57 Å². The van der Waals surface area contributed by atoms with Crippen LogP contribution >= 0.6 is 23.6 Å². The van der Waals surface area contributed by atoms with Crippen molar-refractivity contribution in [2.45, 2.75) is 63.8 Å². The first-order chi connectivity index (χ1) is 10.7. The quantitative estimate of drug-likeness (QED) is 0.813. The van der Waals surface area contributed by atoms with Gasteiger partial charge in [0.2, 0.25) is 0 Å². The maximum absolute atomic E-state index is 12.8. The molecule has 1 aliphatic carbocycles. The standard InChI is InChI=1S/C16H25N3OS2/c17-14-13(15(20)18-10-6-1-2-7-11-18)22-16(21)19(14)12-8-4-3-5-9-12/h12H,1-11,17H2. The molecule has 0 bridgehead atoms. The number of carbonyl (C=O) groups excluding carboxylic acids is 1. The summed E-state index contributed by atoms with van der Waals surface area (Å²) in [6, 6.07) is 0.392. The summed E-state index contributed by atoms with van der Waals surface area (Å²) in [6.45, 7) is 1.71. The Balaban J connectivity index is 1.84. The lowest BCUT2D eigenvalue weighted by atomic mass is 9.95. The number of nitrogen functional groups attached to an aromatic ring is 1. The highest BCUT2D eigenvalue weighted by Gasteiger charge is 2.26. The number of aromatic nitrogens is 1. The Hall–Kier alpha value is -0.880. The van der Waals surface area contributed by atoms with Gasteiger partial charge in [0.1, 0.15) is 10.7 Å². The largest absolute Gasteiger partial charge is 0.384 e. The van der Waals surface area contributed by atoms with Gasteiger partial charge in [-0.3, -0.25) is 4.79 Å². The maximum atomic E-state index is 12.8. The summed E-state index contributed by atoms with van der Waals surface area (Å²) in [5.41, 5.74) is 6.34. The van der Waals surface area contributed by atoms with Crippen LogP contribution in [0.3, 0.4) is 0 Å². The minimum Gasteiger partial charge on any atom is -0.384 e. The van der Waals surface area contributed by atoms with E-state index < -0.39 is 0 Å². The number of nitrogens with two attached hydrogens (primary N) is 1. The molecular formula is C16H25N3OS2. The molecule has 1 saturated heterocycles. The smallest absolute Gasteiger partial charge is 0.267 e. The lowest BCUT2D eigenvalue weighted by molar-refractivity contribution is 0.0767. The minimum atomic E-state index is 0.0880. The van der Waals surface area contributed by atoms with Crippen molar-refractivity contribution < 1.29 is 4.79 Å². The second kappa shape index (κ2) is 7.13. The van der Waals surface area contributed by atoms with Crippen LogP contribution in [0.4, 0.5) is 5.82 Å². The maximum Gasteiger partial charge on any atom is 0.267 e. The Labute approximate surface area is 141 Å². The van der Waals surface area contributed by atoms with Crippen molar-refractivity contribution in [1.29, 1.82) is 0 Å². The Morgan fingerprint density at radius 1 is 1.05 bits per heavy atom. The van der Waals surface area contributed by atoms with E-state index in [9.17, 15) is 4.79 Å². The monoisotopic (exact) mass is 339 g/mol. The third-order valence-electron chi connectivity index (χ3n) is 4.91. The topological polar surface area (TPSA) is 51.3 Å². The van der Waals surface area contributed by atoms with Crippen LogP contribution in [-0.2, 0) is 0 Å². The molecule has 6 heteroatoms. The summed E-state index contributed by atoms with van der Waals surface area (Å²) >= 11 is 6.92. The number of rotatable bonds is 2. The molecule has 2 fully saturated rings. The molecule has 1 saturated carbocycles. The van der Waals surface area contributed by atoms with Crippen LogP contribution in [0, 0.1) is 3.95 Å². The van der Waals surface area contributed by atoms with Gasteiger partial charge < -0.3 is 15.2 Å². The minimum absolute atomic E-state index is 0.0880. The molecule has 2 heterocycles. The number of thiazole rings is 1. The van der Waals surface area contributed by atoms with E-state index in [1.807, 2.05) is 4.90 Å². The average Bonchev–Trinajstić information content (AvgIpc) is 2.73. The molecule has 0 atom stereocenters. The van der Waals surface area contributed by atoms with Gasteiger partial charge in [0, 0.05) is 19.1 Å². The van der Waals surface area contributed by atoms with Crippen molar-refractivity contribution >= 4 is 35.3 Å². The highest BCUT2D eigenvalue weighted by atomic mass is 32.1. The van der Waals surface area contributed by atoms with Gasteiger partial charge in [0.25, 0.3) is 5.91 Å². The van der Waals surface area contributed by atoms with E-state index in [0.29, 0.717) is 16.7 Å². The number of anilines is 1. The first-order valence-corrected chi connectivity index (χ1v) is 9.71. The van der Waals surface area contributed by atoms with Crippen molar-refractivity contribution in [3.05, 3.63) is 8.83 Å². The fraction of sp³-hybridized carbons (Fsp3) is 0.750. The summed E-state index contributed by atoms with van der Waals surface area (Å²) in [5, 5.41) is 0. The molecular weight excluding hydrogens is 314 g/mol. The Morgan fingerprint density at radius 2 is 1.64 bits per heavy atom. The Morgan fingerprint density at radius 3 is 2.27 bits per heavy atom. The lowest BCUT2D eigenvalue weighted by Gasteiger charge is -2.24. The van der Waals surface area contributed by atoms with Crippen molar-refractivity contribution in [2.75, 3.05) is 18.8 Å². The summed E-state index contributed by atoms with van der Waals surface area (Å²) in [4.78, 5) is 15.5. The predicted octanol–water partition coefficient (Wildman–Crippen LogP) is 4.38. The lowest BCUT2D eigenvalue weighted by Crippen LogP contribution is -2.32. The van der Waals surface area contributed by atoms with E-state index in [4.69, 9.17) is 18.0 Å². The first kappa shape index (κ1) is 16.0. The number of hydrogen-bond acceptors (Lipinski definition) is 4. The Kier molecular flexibility index (Phi) is 5.18. The third-order valence-corrected chi connectivity index (χ3v) is 6.31. The molecule has 4 nitrogen and oxygen atoms in total. The van der Waals surface area contributed by atoms with Gasteiger partial charge in [-0.1, -0.05) is 43.4 Å². The number of likely N-dealkylation sites (tertiary alicyclic amines) is 1. The van der Waals surface area contributed by atoms with E-state index in [0.717, 1.165) is 42.7 Å². The van der Waals surface area contributed by atoms with Gasteiger partial charge >= 0.3 is 0 Å². The summed E-state index contributed by atoms with van der Waals surface area (Å²) in [5.74, 6) is 0.696. The van der Waals surface area contributed by atoms with Crippen LogP contribution in [0.2, 0.25) is 0 Å². The molecule has 0 aromatic carbocycles. The zero-order chi connectivity index (χ0) is 15.5. The molecule has 0 spiro atoms.